The summed E-state index contributed by atoms with van der Waals surface area (Å²) in [4.78, 5) is 29.1. The molecule has 1 saturated heterocycles. The lowest BCUT2D eigenvalue weighted by Crippen LogP contribution is -2.47. The van der Waals surface area contributed by atoms with Gasteiger partial charge in [0.1, 0.15) is 6.04 Å². The van der Waals surface area contributed by atoms with Crippen molar-refractivity contribution in [2.45, 2.75) is 50.1 Å². The van der Waals surface area contributed by atoms with Crippen LogP contribution >= 0.6 is 0 Å². The Bertz CT molecular complexity index is 1110. The number of anilines is 1. The van der Waals surface area contributed by atoms with Gasteiger partial charge in [-0.15, -0.1) is 0 Å². The van der Waals surface area contributed by atoms with Crippen LogP contribution in [0, 0.1) is 0 Å². The van der Waals surface area contributed by atoms with Crippen molar-refractivity contribution in [2.75, 3.05) is 25.0 Å². The van der Waals surface area contributed by atoms with Crippen LogP contribution in [0.3, 0.4) is 0 Å². The Kier molecular flexibility index (Phi) is 6.35. The summed E-state index contributed by atoms with van der Waals surface area (Å²) in [6.45, 7) is 2.94. The van der Waals surface area contributed by atoms with Gasteiger partial charge in [0.2, 0.25) is 21.8 Å². The summed E-state index contributed by atoms with van der Waals surface area (Å²) in [6, 6.07) is 13.9. The number of hydrogen-bond acceptors (Lipinski definition) is 4. The SMILES string of the molecule is CC(=O)N1c2ccc(S(=O)(=O)N3CCCCC3)cc2CC1C(=O)N(C)Cc1ccccc1. The molecule has 2 aromatic carbocycles. The predicted molar refractivity (Wildman–Crippen MR) is 123 cm³/mol. The molecule has 170 valence electrons. The van der Waals surface area contributed by atoms with Crippen LogP contribution in [0.4, 0.5) is 5.69 Å². The summed E-state index contributed by atoms with van der Waals surface area (Å²) < 4.78 is 27.7. The van der Waals surface area contributed by atoms with Gasteiger partial charge in [0.25, 0.3) is 0 Å². The highest BCUT2D eigenvalue weighted by Crippen LogP contribution is 2.35. The fourth-order valence-electron chi connectivity index (χ4n) is 4.62. The maximum Gasteiger partial charge on any atom is 0.246 e. The van der Waals surface area contributed by atoms with Crippen LogP contribution in [-0.2, 0) is 32.6 Å². The van der Waals surface area contributed by atoms with E-state index in [0.29, 0.717) is 37.3 Å². The van der Waals surface area contributed by atoms with E-state index in [9.17, 15) is 18.0 Å². The maximum atomic E-state index is 13.3. The van der Waals surface area contributed by atoms with Gasteiger partial charge in [-0.05, 0) is 42.2 Å². The number of piperidine rings is 1. The van der Waals surface area contributed by atoms with E-state index in [1.54, 1.807) is 30.1 Å². The van der Waals surface area contributed by atoms with Crippen molar-refractivity contribution in [2.24, 2.45) is 0 Å². The molecule has 2 heterocycles. The number of amides is 2. The molecule has 7 nitrogen and oxygen atoms in total. The standard InChI is InChI=1S/C24H29N3O4S/c1-18(28)27-22-12-11-21(32(30,31)26-13-7-4-8-14-26)15-20(22)16-23(27)24(29)25(2)17-19-9-5-3-6-10-19/h3,5-6,9-12,15,23H,4,7-8,13-14,16-17H2,1-2H3. The lowest BCUT2D eigenvalue weighted by molar-refractivity contribution is -0.133. The molecule has 0 saturated carbocycles. The first-order valence-electron chi connectivity index (χ1n) is 11.0. The molecule has 8 heteroatoms. The third kappa shape index (κ3) is 4.29. The summed E-state index contributed by atoms with van der Waals surface area (Å²) in [6.07, 6.45) is 3.08. The highest BCUT2D eigenvalue weighted by molar-refractivity contribution is 7.89. The number of sulfonamides is 1. The normalized spacial score (nSPS) is 18.9. The number of hydrogen-bond donors (Lipinski definition) is 0. The van der Waals surface area contributed by atoms with E-state index in [4.69, 9.17) is 0 Å². The lowest BCUT2D eigenvalue weighted by atomic mass is 10.1. The largest absolute Gasteiger partial charge is 0.340 e. The second kappa shape index (κ2) is 9.03. The van der Waals surface area contributed by atoms with Gasteiger partial charge in [-0.25, -0.2) is 8.42 Å². The quantitative estimate of drug-likeness (QED) is 0.695. The lowest BCUT2D eigenvalue weighted by Gasteiger charge is -2.28. The van der Waals surface area contributed by atoms with Crippen LogP contribution in [-0.4, -0.2) is 55.6 Å². The van der Waals surface area contributed by atoms with Crippen molar-refractivity contribution >= 4 is 27.5 Å². The molecule has 4 rings (SSSR count). The smallest absolute Gasteiger partial charge is 0.246 e. The Morgan fingerprint density at radius 3 is 2.38 bits per heavy atom. The zero-order chi connectivity index (χ0) is 22.9. The van der Waals surface area contributed by atoms with Crippen molar-refractivity contribution in [1.82, 2.24) is 9.21 Å². The molecule has 1 fully saturated rings. The Morgan fingerprint density at radius 1 is 1.03 bits per heavy atom. The fourth-order valence-corrected chi connectivity index (χ4v) is 6.19. The molecular formula is C24H29N3O4S. The molecule has 1 atom stereocenters. The van der Waals surface area contributed by atoms with E-state index in [-0.39, 0.29) is 16.7 Å². The number of rotatable bonds is 5. The molecule has 2 aliphatic rings. The summed E-state index contributed by atoms with van der Waals surface area (Å²) in [5.74, 6) is -0.400. The number of carbonyl (C=O) groups excluding carboxylic acids is 2. The molecule has 0 radical (unpaired) electrons. The van der Waals surface area contributed by atoms with Crippen LogP contribution in [0.2, 0.25) is 0 Å². The Labute approximate surface area is 189 Å². The van der Waals surface area contributed by atoms with Crippen molar-refractivity contribution in [1.29, 1.82) is 0 Å². The van der Waals surface area contributed by atoms with Crippen LogP contribution in [0.25, 0.3) is 0 Å². The van der Waals surface area contributed by atoms with E-state index in [2.05, 4.69) is 0 Å². The Hall–Kier alpha value is -2.71. The van der Waals surface area contributed by atoms with Gasteiger partial charge in [-0.3, -0.25) is 14.5 Å². The molecule has 1 unspecified atom stereocenters. The number of likely N-dealkylation sites (N-methyl/N-ethyl adjacent to an activating group) is 1. The first-order chi connectivity index (χ1) is 15.3. The molecule has 0 aromatic heterocycles. The number of fused-ring (bicyclic) bond motifs is 1. The highest BCUT2D eigenvalue weighted by atomic mass is 32.2. The minimum Gasteiger partial charge on any atom is -0.340 e. The van der Waals surface area contributed by atoms with E-state index in [0.717, 1.165) is 24.8 Å². The fraction of sp³-hybridized carbons (Fsp3) is 0.417. The predicted octanol–water partition coefficient (Wildman–Crippen LogP) is 2.80. The summed E-state index contributed by atoms with van der Waals surface area (Å²) >= 11 is 0. The average Bonchev–Trinajstić information content (AvgIpc) is 3.19. The van der Waals surface area contributed by atoms with Gasteiger partial charge in [0.15, 0.2) is 0 Å². The second-order valence-electron chi connectivity index (χ2n) is 8.54. The molecule has 0 bridgehead atoms. The van der Waals surface area contributed by atoms with E-state index >= 15 is 0 Å². The van der Waals surface area contributed by atoms with Crippen molar-refractivity contribution in [3.05, 3.63) is 59.7 Å². The average molecular weight is 456 g/mol. The van der Waals surface area contributed by atoms with Gasteiger partial charge in [-0.2, -0.15) is 4.31 Å². The number of nitrogens with zero attached hydrogens (tertiary/aromatic N) is 3. The summed E-state index contributed by atoms with van der Waals surface area (Å²) in [5.41, 5.74) is 2.33. The topological polar surface area (TPSA) is 78.0 Å². The van der Waals surface area contributed by atoms with Crippen LogP contribution in [0.15, 0.2) is 53.4 Å². The Morgan fingerprint density at radius 2 is 1.72 bits per heavy atom. The molecule has 0 aliphatic carbocycles. The van der Waals surface area contributed by atoms with Gasteiger partial charge < -0.3 is 4.90 Å². The maximum absolute atomic E-state index is 13.3. The van der Waals surface area contributed by atoms with Crippen LogP contribution in [0.5, 0.6) is 0 Å². The molecule has 2 aromatic rings. The van der Waals surface area contributed by atoms with E-state index in [1.807, 2.05) is 30.3 Å². The molecule has 0 spiro atoms. The first kappa shape index (κ1) is 22.5. The highest BCUT2D eigenvalue weighted by Gasteiger charge is 2.39. The van der Waals surface area contributed by atoms with Crippen molar-refractivity contribution in [3.63, 3.8) is 0 Å². The minimum absolute atomic E-state index is 0.166. The van der Waals surface area contributed by atoms with Gasteiger partial charge in [-0.1, -0.05) is 36.8 Å². The molecular weight excluding hydrogens is 426 g/mol. The van der Waals surface area contributed by atoms with Crippen LogP contribution < -0.4 is 4.90 Å². The molecule has 2 amide bonds. The minimum atomic E-state index is -3.58. The van der Waals surface area contributed by atoms with E-state index in [1.165, 1.54) is 16.1 Å². The molecule has 2 aliphatic heterocycles. The van der Waals surface area contributed by atoms with Crippen LogP contribution in [0.1, 0.15) is 37.3 Å². The Balaban J connectivity index is 1.59. The number of carbonyl (C=O) groups is 2. The molecule has 32 heavy (non-hydrogen) atoms. The number of benzene rings is 2. The van der Waals surface area contributed by atoms with Gasteiger partial charge in [0.05, 0.1) is 4.90 Å². The summed E-state index contributed by atoms with van der Waals surface area (Å²) in [5, 5.41) is 0. The summed E-state index contributed by atoms with van der Waals surface area (Å²) in [7, 11) is -1.86. The van der Waals surface area contributed by atoms with Crippen molar-refractivity contribution < 1.29 is 18.0 Å². The van der Waals surface area contributed by atoms with Gasteiger partial charge in [0, 0.05) is 45.7 Å². The zero-order valence-corrected chi connectivity index (χ0v) is 19.3. The van der Waals surface area contributed by atoms with Gasteiger partial charge >= 0.3 is 0 Å². The zero-order valence-electron chi connectivity index (χ0n) is 18.5. The third-order valence-electron chi connectivity index (χ3n) is 6.25. The second-order valence-corrected chi connectivity index (χ2v) is 10.5. The van der Waals surface area contributed by atoms with E-state index < -0.39 is 16.1 Å². The monoisotopic (exact) mass is 455 g/mol. The van der Waals surface area contributed by atoms with Crippen molar-refractivity contribution in [3.8, 4) is 0 Å². The molecule has 0 N–H and O–H groups in total. The first-order valence-corrected chi connectivity index (χ1v) is 12.4. The third-order valence-corrected chi connectivity index (χ3v) is 8.15.